The Hall–Kier alpha value is -5.34. The van der Waals surface area contributed by atoms with Gasteiger partial charge in [-0.1, -0.05) is 60.7 Å². The molecule has 8 N–H and O–H groups in total. The van der Waals surface area contributed by atoms with Crippen molar-refractivity contribution in [1.29, 1.82) is 0 Å². The van der Waals surface area contributed by atoms with Crippen molar-refractivity contribution in [2.45, 2.75) is 63.1 Å². The summed E-state index contributed by atoms with van der Waals surface area (Å²) in [6.45, 7) is 0.831. The Labute approximate surface area is 292 Å². The summed E-state index contributed by atoms with van der Waals surface area (Å²) in [5, 5.41) is 11.8. The summed E-state index contributed by atoms with van der Waals surface area (Å²) in [5.41, 5.74) is 13.6. The molecule has 4 atom stereocenters. The minimum absolute atomic E-state index is 0.0400. The maximum atomic E-state index is 12.5. The molecule has 4 saturated heterocycles. The molecule has 19 nitrogen and oxygen atoms in total. The molecular weight excluding hydrogens is 672 g/mol. The fourth-order valence-electron chi connectivity index (χ4n) is 5.89. The van der Waals surface area contributed by atoms with Crippen molar-refractivity contribution in [2.24, 2.45) is 17.4 Å². The van der Waals surface area contributed by atoms with E-state index in [9.17, 15) is 28.8 Å². The van der Waals surface area contributed by atoms with Gasteiger partial charge in [0.15, 0.2) is 6.61 Å². The number of carbonyl (C=O) groups excluding carboxylic acids is 5. The molecule has 51 heavy (non-hydrogen) atoms. The van der Waals surface area contributed by atoms with Gasteiger partial charge in [0, 0.05) is 13.1 Å². The van der Waals surface area contributed by atoms with Gasteiger partial charge >= 0.3 is 18.0 Å². The van der Waals surface area contributed by atoms with Gasteiger partial charge in [0.2, 0.25) is 11.8 Å². The van der Waals surface area contributed by atoms with Gasteiger partial charge in [0.05, 0.1) is 12.1 Å². The molecule has 276 valence electrons. The number of benzene rings is 2. The average molecular weight is 715 g/mol. The molecule has 4 aliphatic heterocycles. The number of rotatable bonds is 13. The topological polar surface area (TPSA) is 263 Å². The summed E-state index contributed by atoms with van der Waals surface area (Å²) in [7, 11) is 0. The van der Waals surface area contributed by atoms with Gasteiger partial charge in [-0.3, -0.25) is 33.7 Å². The lowest BCUT2D eigenvalue weighted by molar-refractivity contribution is -0.144. The highest BCUT2D eigenvalue weighted by atomic mass is 16.7. The lowest BCUT2D eigenvalue weighted by Crippen LogP contribution is -2.50. The Kier molecular flexibility index (Phi) is 14.0. The monoisotopic (exact) mass is 714 g/mol. The predicted molar refractivity (Wildman–Crippen MR) is 174 cm³/mol. The van der Waals surface area contributed by atoms with E-state index < -0.39 is 42.4 Å². The molecule has 4 heterocycles. The first-order valence-corrected chi connectivity index (χ1v) is 16.1. The third-order valence-electron chi connectivity index (χ3n) is 8.27. The molecule has 0 saturated carbocycles. The number of aliphatic carboxylic acids is 1. The molecule has 4 bridgehead atoms. The van der Waals surface area contributed by atoms with Crippen LogP contribution in [0.15, 0.2) is 60.7 Å². The van der Waals surface area contributed by atoms with Crippen LogP contribution >= 0.6 is 0 Å². The lowest BCUT2D eigenvalue weighted by Gasteiger charge is -2.28. The number of hydrogen-bond acceptors (Lipinski definition) is 11. The number of amides is 7. The Morgan fingerprint density at radius 3 is 1.57 bits per heavy atom. The summed E-state index contributed by atoms with van der Waals surface area (Å²) >= 11 is 0. The fourth-order valence-corrected chi connectivity index (χ4v) is 5.89. The number of nitrogens with one attached hydrogen (secondary N) is 1. The lowest BCUT2D eigenvalue weighted by atomic mass is 10.0. The van der Waals surface area contributed by atoms with Gasteiger partial charge in [-0.05, 0) is 36.8 Å². The number of nitrogens with two attached hydrogens (primary N) is 3. The van der Waals surface area contributed by atoms with E-state index in [2.05, 4.69) is 21.9 Å². The fraction of sp³-hybridized carbons (Fsp3) is 0.438. The molecule has 0 spiro atoms. The maximum Gasteiger partial charge on any atom is 0.345 e. The van der Waals surface area contributed by atoms with E-state index in [1.54, 1.807) is 0 Å². The number of carboxylic acids is 1. The molecule has 2 aromatic carbocycles. The van der Waals surface area contributed by atoms with Crippen LogP contribution in [-0.2, 0) is 51.7 Å². The van der Waals surface area contributed by atoms with Crippen LogP contribution in [-0.4, -0.2) is 111 Å². The molecule has 0 aromatic heterocycles. The molecular formula is C32H42N8O11. The molecule has 6 rings (SSSR count). The number of nitrogens with zero attached hydrogens (tertiary/aromatic N) is 4. The number of fused-ring (bicyclic) bond motifs is 4. The second kappa shape index (κ2) is 18.6. The first-order valence-electron chi connectivity index (χ1n) is 16.1. The highest BCUT2D eigenvalue weighted by Gasteiger charge is 2.49. The third-order valence-corrected chi connectivity index (χ3v) is 8.27. The number of hydroxylamine groups is 5. The number of primary amides is 2. The zero-order chi connectivity index (χ0) is 36.9. The van der Waals surface area contributed by atoms with Crippen molar-refractivity contribution in [2.75, 3.05) is 26.3 Å². The average Bonchev–Trinajstić information content (AvgIpc) is 3.49. The highest BCUT2D eigenvalue weighted by Crippen LogP contribution is 2.31. The third kappa shape index (κ3) is 10.6. The van der Waals surface area contributed by atoms with E-state index in [0.29, 0.717) is 45.4 Å². The summed E-state index contributed by atoms with van der Waals surface area (Å²) in [5.74, 6) is 1.76. The molecule has 2 aromatic rings. The Bertz CT molecular complexity index is 1520. The van der Waals surface area contributed by atoms with Gasteiger partial charge in [-0.15, -0.1) is 0 Å². The normalized spacial score (nSPS) is 21.7. The van der Waals surface area contributed by atoms with Crippen LogP contribution in [0.5, 0.6) is 0 Å². The molecule has 7 amide bonds. The van der Waals surface area contributed by atoms with E-state index in [-0.39, 0.29) is 37.4 Å². The molecule has 4 fully saturated rings. The Morgan fingerprint density at radius 2 is 1.16 bits per heavy atom. The molecule has 19 heteroatoms. The smallest absolute Gasteiger partial charge is 0.345 e. The highest BCUT2D eigenvalue weighted by molar-refractivity contribution is 5.88. The van der Waals surface area contributed by atoms with Crippen molar-refractivity contribution in [3.8, 4) is 0 Å². The van der Waals surface area contributed by atoms with Crippen LogP contribution in [0.25, 0.3) is 0 Å². The SMILES string of the molecule is NC(=O)CONC(=O)[C@@H]1CC[C@@H]2CN1C(=O)N2OCc1ccccc1.NOCC(N)=O.O=C(O)[C@@H]1CC[C@@H]2CN1C(=O)N2OCc1ccccc1. The first-order chi connectivity index (χ1) is 24.5. The van der Waals surface area contributed by atoms with Crippen molar-refractivity contribution >= 4 is 35.8 Å². The van der Waals surface area contributed by atoms with E-state index in [1.807, 2.05) is 60.7 Å². The van der Waals surface area contributed by atoms with Crippen molar-refractivity contribution in [3.05, 3.63) is 71.8 Å². The van der Waals surface area contributed by atoms with Gasteiger partial charge in [0.25, 0.3) is 5.91 Å². The quantitative estimate of drug-likeness (QED) is 0.168. The van der Waals surface area contributed by atoms with Gasteiger partial charge in [0.1, 0.15) is 31.9 Å². The molecule has 0 radical (unpaired) electrons. The molecule has 0 aliphatic carbocycles. The molecule has 0 unspecified atom stereocenters. The van der Waals surface area contributed by atoms with Crippen molar-refractivity contribution in [3.63, 3.8) is 0 Å². The van der Waals surface area contributed by atoms with Crippen LogP contribution in [0.2, 0.25) is 0 Å². The van der Waals surface area contributed by atoms with Crippen LogP contribution in [0.4, 0.5) is 9.59 Å². The van der Waals surface area contributed by atoms with Gasteiger partial charge < -0.3 is 26.4 Å². The summed E-state index contributed by atoms with van der Waals surface area (Å²) in [6.07, 6.45) is 2.28. The van der Waals surface area contributed by atoms with Crippen molar-refractivity contribution in [1.82, 2.24) is 25.4 Å². The largest absolute Gasteiger partial charge is 0.480 e. The van der Waals surface area contributed by atoms with Crippen molar-refractivity contribution < 1.29 is 53.2 Å². The Balaban J connectivity index is 0.000000201. The maximum absolute atomic E-state index is 12.5. The standard InChI is InChI=1S/C16H20N4O5.C14H16N2O4.C2H6N2O2/c17-14(21)10-24-18-15(22)13-7-6-12-8-19(13)16(23)20(12)25-9-11-4-2-1-3-5-11;17-13(18)12-7-6-11-8-15(12)14(19)16(11)20-9-10-4-2-1-3-5-10;3-2(5)1-6-4/h1-5,12-13H,6-10H2,(H2,17,21)(H,18,22);1-5,11-12H,6-9H2,(H,17,18);1,4H2,(H2,3,5)/t12-,13+;11-,12+;/m11./s1. The van der Waals surface area contributed by atoms with Crippen LogP contribution in [0.1, 0.15) is 36.8 Å². The number of urea groups is 2. The molecule has 4 aliphatic rings. The number of carbonyl (C=O) groups is 6. The number of piperidine rings is 2. The van der Waals surface area contributed by atoms with Gasteiger partial charge in [-0.25, -0.2) is 25.8 Å². The second-order valence-electron chi connectivity index (χ2n) is 11.9. The predicted octanol–water partition coefficient (Wildman–Crippen LogP) is -0.247. The van der Waals surface area contributed by atoms with Crippen LogP contribution in [0, 0.1) is 0 Å². The Morgan fingerprint density at radius 1 is 0.706 bits per heavy atom. The minimum atomic E-state index is -0.943. The van der Waals surface area contributed by atoms with Crippen LogP contribution < -0.4 is 22.8 Å². The van der Waals surface area contributed by atoms with Crippen LogP contribution in [0.3, 0.4) is 0 Å². The summed E-state index contributed by atoms with van der Waals surface area (Å²) in [6, 6.07) is 17.0. The van der Waals surface area contributed by atoms with Gasteiger partial charge in [-0.2, -0.15) is 10.1 Å². The van der Waals surface area contributed by atoms with E-state index in [4.69, 9.17) is 25.4 Å². The second-order valence-corrected chi connectivity index (χ2v) is 11.9. The van der Waals surface area contributed by atoms with E-state index in [0.717, 1.165) is 11.1 Å². The van der Waals surface area contributed by atoms with E-state index in [1.165, 1.54) is 19.9 Å². The summed E-state index contributed by atoms with van der Waals surface area (Å²) in [4.78, 5) is 90.9. The number of hydrogen-bond donors (Lipinski definition) is 5. The van der Waals surface area contributed by atoms with E-state index >= 15 is 0 Å². The zero-order valence-corrected chi connectivity index (χ0v) is 27.7. The zero-order valence-electron chi connectivity index (χ0n) is 27.7. The minimum Gasteiger partial charge on any atom is -0.480 e. The summed E-state index contributed by atoms with van der Waals surface area (Å²) < 4.78 is 0. The first kappa shape index (κ1) is 38.5. The number of carboxylic acid groups (broad SMARTS) is 1.